The van der Waals surface area contributed by atoms with Crippen LogP contribution in [-0.4, -0.2) is 38.5 Å². The molecule has 2 unspecified atom stereocenters. The lowest BCUT2D eigenvalue weighted by Gasteiger charge is -2.21. The summed E-state index contributed by atoms with van der Waals surface area (Å²) in [7, 11) is -3.45. The zero-order chi connectivity index (χ0) is 15.0. The van der Waals surface area contributed by atoms with Crippen molar-refractivity contribution in [2.45, 2.75) is 49.7 Å². The lowest BCUT2D eigenvalue weighted by atomic mass is 10.1. The van der Waals surface area contributed by atoms with Crippen LogP contribution >= 0.6 is 0 Å². The van der Waals surface area contributed by atoms with Crippen molar-refractivity contribution in [2.24, 2.45) is 5.73 Å². The van der Waals surface area contributed by atoms with Crippen molar-refractivity contribution in [3.63, 3.8) is 0 Å². The van der Waals surface area contributed by atoms with Crippen LogP contribution in [-0.2, 0) is 16.6 Å². The number of sulfonamides is 1. The summed E-state index contributed by atoms with van der Waals surface area (Å²) in [5, 5.41) is 0. The van der Waals surface area contributed by atoms with Gasteiger partial charge in [-0.1, -0.05) is 6.07 Å². The zero-order valence-electron chi connectivity index (χ0n) is 12.4. The van der Waals surface area contributed by atoms with Crippen molar-refractivity contribution in [3.8, 4) is 0 Å². The molecule has 116 valence electrons. The molecule has 6 heteroatoms. The first kappa shape index (κ1) is 15.0. The Hall–Kier alpha value is -0.950. The fourth-order valence-electron chi connectivity index (χ4n) is 3.55. The molecule has 2 aliphatic heterocycles. The largest absolute Gasteiger partial charge is 0.326 e. The molecule has 0 aliphatic carbocycles. The summed E-state index contributed by atoms with van der Waals surface area (Å²) in [6.07, 6.45) is 3.18. The molecule has 0 amide bonds. The molecule has 1 aromatic carbocycles. The summed E-state index contributed by atoms with van der Waals surface area (Å²) in [6, 6.07) is 5.60. The number of nitrogens with one attached hydrogen (secondary N) is 1. The second kappa shape index (κ2) is 5.68. The Morgan fingerprint density at radius 2 is 2.14 bits per heavy atom. The average Bonchev–Trinajstić information content (AvgIpc) is 3.03. The number of fused-ring (bicyclic) bond motifs is 1. The van der Waals surface area contributed by atoms with Gasteiger partial charge in [0.2, 0.25) is 10.0 Å². The third-order valence-corrected chi connectivity index (χ3v) is 6.24. The van der Waals surface area contributed by atoms with Gasteiger partial charge in [-0.15, -0.1) is 0 Å². The first-order valence-electron chi connectivity index (χ1n) is 7.57. The molecule has 3 N–H and O–H groups in total. The molecule has 2 aliphatic rings. The number of hydrogen-bond acceptors (Lipinski definition) is 4. The number of nitrogens with zero attached hydrogens (tertiary/aromatic N) is 1. The van der Waals surface area contributed by atoms with Crippen molar-refractivity contribution in [1.29, 1.82) is 0 Å². The van der Waals surface area contributed by atoms with Crippen LogP contribution in [0.1, 0.15) is 30.4 Å². The van der Waals surface area contributed by atoms with Gasteiger partial charge in [0.25, 0.3) is 0 Å². The third-order valence-electron chi connectivity index (χ3n) is 4.76. The van der Waals surface area contributed by atoms with Gasteiger partial charge in [-0.2, -0.15) is 0 Å². The Morgan fingerprint density at radius 1 is 1.33 bits per heavy atom. The van der Waals surface area contributed by atoms with Gasteiger partial charge in [0.15, 0.2) is 0 Å². The molecular formula is C15H23N3O2S. The maximum absolute atomic E-state index is 12.6. The molecule has 0 radical (unpaired) electrons. The smallest absolute Gasteiger partial charge is 0.240 e. The van der Waals surface area contributed by atoms with E-state index >= 15 is 0 Å². The van der Waals surface area contributed by atoms with Crippen LogP contribution in [0.3, 0.4) is 0 Å². The van der Waals surface area contributed by atoms with E-state index in [1.807, 2.05) is 6.92 Å². The molecule has 2 fully saturated rings. The van der Waals surface area contributed by atoms with E-state index in [2.05, 4.69) is 9.62 Å². The minimum absolute atomic E-state index is 0.0481. The second-order valence-corrected chi connectivity index (χ2v) is 7.77. The van der Waals surface area contributed by atoms with Gasteiger partial charge in [0.05, 0.1) is 4.90 Å². The Kier molecular flexibility index (Phi) is 4.05. The first-order valence-corrected chi connectivity index (χ1v) is 9.05. The van der Waals surface area contributed by atoms with E-state index in [0.29, 0.717) is 17.5 Å². The van der Waals surface area contributed by atoms with Crippen LogP contribution in [0.4, 0.5) is 0 Å². The summed E-state index contributed by atoms with van der Waals surface area (Å²) >= 11 is 0. The maximum Gasteiger partial charge on any atom is 0.240 e. The van der Waals surface area contributed by atoms with Crippen LogP contribution in [0, 0.1) is 6.92 Å². The Balaban J connectivity index is 1.79. The summed E-state index contributed by atoms with van der Waals surface area (Å²) in [4.78, 5) is 2.74. The molecule has 2 heterocycles. The third kappa shape index (κ3) is 2.85. The van der Waals surface area contributed by atoms with E-state index in [9.17, 15) is 8.42 Å². The molecule has 5 nitrogen and oxygen atoms in total. The summed E-state index contributed by atoms with van der Waals surface area (Å²) < 4.78 is 28.0. The highest BCUT2D eigenvalue weighted by Gasteiger charge is 2.39. The first-order chi connectivity index (χ1) is 10.0. The van der Waals surface area contributed by atoms with E-state index in [0.717, 1.165) is 37.1 Å². The minimum Gasteiger partial charge on any atom is -0.326 e. The van der Waals surface area contributed by atoms with Gasteiger partial charge in [-0.05, 0) is 56.0 Å². The van der Waals surface area contributed by atoms with Crippen LogP contribution in [0.25, 0.3) is 0 Å². The number of hydrogen-bond donors (Lipinski definition) is 2. The zero-order valence-corrected chi connectivity index (χ0v) is 13.2. The van der Waals surface area contributed by atoms with Crippen molar-refractivity contribution >= 4 is 10.0 Å². The average molecular weight is 309 g/mol. The van der Waals surface area contributed by atoms with E-state index in [4.69, 9.17) is 5.73 Å². The second-order valence-electron chi connectivity index (χ2n) is 6.05. The molecular weight excluding hydrogens is 286 g/mol. The van der Waals surface area contributed by atoms with Crippen molar-refractivity contribution < 1.29 is 8.42 Å². The standard InChI is InChI=1S/C15H23N3O2S/c1-11-9-13(5-4-12(11)10-16)21(19,20)17-14-6-8-18-7-2-3-15(14)18/h4-5,9,14-15,17H,2-3,6-8,10,16H2,1H3. The molecule has 0 spiro atoms. The fourth-order valence-corrected chi connectivity index (χ4v) is 4.94. The normalized spacial score (nSPS) is 26.2. The van der Waals surface area contributed by atoms with Crippen LogP contribution in [0.2, 0.25) is 0 Å². The maximum atomic E-state index is 12.6. The number of benzene rings is 1. The van der Waals surface area contributed by atoms with Crippen LogP contribution < -0.4 is 10.5 Å². The number of rotatable bonds is 4. The van der Waals surface area contributed by atoms with Crippen molar-refractivity contribution in [3.05, 3.63) is 29.3 Å². The number of aryl methyl sites for hydroxylation is 1. The number of nitrogens with two attached hydrogens (primary N) is 1. The minimum atomic E-state index is -3.45. The molecule has 0 aromatic heterocycles. The predicted octanol–water partition coefficient (Wildman–Crippen LogP) is 0.969. The van der Waals surface area contributed by atoms with Crippen LogP contribution in [0.15, 0.2) is 23.1 Å². The fraction of sp³-hybridized carbons (Fsp3) is 0.600. The SMILES string of the molecule is Cc1cc(S(=O)(=O)NC2CCN3CCCC23)ccc1CN. The lowest BCUT2D eigenvalue weighted by molar-refractivity contribution is 0.309. The van der Waals surface area contributed by atoms with Crippen molar-refractivity contribution in [1.82, 2.24) is 9.62 Å². The highest BCUT2D eigenvalue weighted by atomic mass is 32.2. The topological polar surface area (TPSA) is 75.4 Å². The highest BCUT2D eigenvalue weighted by molar-refractivity contribution is 7.89. The van der Waals surface area contributed by atoms with Gasteiger partial charge >= 0.3 is 0 Å². The van der Waals surface area contributed by atoms with Gasteiger partial charge in [0, 0.05) is 25.2 Å². The quantitative estimate of drug-likeness (QED) is 0.869. The predicted molar refractivity (Wildman–Crippen MR) is 82.4 cm³/mol. The lowest BCUT2D eigenvalue weighted by Crippen LogP contribution is -2.42. The van der Waals surface area contributed by atoms with E-state index in [1.165, 1.54) is 6.42 Å². The highest BCUT2D eigenvalue weighted by Crippen LogP contribution is 2.29. The summed E-state index contributed by atoms with van der Waals surface area (Å²) in [6.45, 7) is 4.44. The molecule has 21 heavy (non-hydrogen) atoms. The van der Waals surface area contributed by atoms with E-state index in [-0.39, 0.29) is 6.04 Å². The Morgan fingerprint density at radius 3 is 2.86 bits per heavy atom. The Labute approximate surface area is 126 Å². The summed E-state index contributed by atoms with van der Waals surface area (Å²) in [5.41, 5.74) is 7.54. The van der Waals surface area contributed by atoms with Gasteiger partial charge in [-0.25, -0.2) is 13.1 Å². The molecule has 1 aromatic rings. The van der Waals surface area contributed by atoms with Crippen molar-refractivity contribution in [2.75, 3.05) is 13.1 Å². The summed E-state index contributed by atoms with van der Waals surface area (Å²) in [5.74, 6) is 0. The molecule has 3 rings (SSSR count). The van der Waals surface area contributed by atoms with Gasteiger partial charge in [-0.3, -0.25) is 4.90 Å². The molecule has 0 bridgehead atoms. The van der Waals surface area contributed by atoms with Gasteiger partial charge < -0.3 is 5.73 Å². The monoisotopic (exact) mass is 309 g/mol. The molecule has 2 saturated heterocycles. The van der Waals surface area contributed by atoms with Crippen LogP contribution in [0.5, 0.6) is 0 Å². The molecule has 0 saturated carbocycles. The van der Waals surface area contributed by atoms with E-state index in [1.54, 1.807) is 18.2 Å². The molecule has 2 atom stereocenters. The van der Waals surface area contributed by atoms with E-state index < -0.39 is 10.0 Å². The Bertz CT molecular complexity index is 630. The van der Waals surface area contributed by atoms with Gasteiger partial charge in [0.1, 0.15) is 0 Å².